The zero-order valence-corrected chi connectivity index (χ0v) is 17.7. The van der Waals surface area contributed by atoms with Gasteiger partial charge in [0.15, 0.2) is 11.5 Å². The number of carbonyl (C=O) groups excluding carboxylic acids is 2. The van der Waals surface area contributed by atoms with Crippen LogP contribution in [0.1, 0.15) is 42.6 Å². The fourth-order valence-corrected chi connectivity index (χ4v) is 2.76. The van der Waals surface area contributed by atoms with Crippen molar-refractivity contribution < 1.29 is 19.1 Å². The lowest BCUT2D eigenvalue weighted by Crippen LogP contribution is -2.41. The number of halogens is 1. The SMILES string of the molecule is COc1cc(C(=O)NNC(=O)CCc2cccc(Cl)c2)ccc1OCCC(C)C. The van der Waals surface area contributed by atoms with Crippen molar-refractivity contribution in [2.75, 3.05) is 13.7 Å². The molecule has 156 valence electrons. The molecule has 0 heterocycles. The van der Waals surface area contributed by atoms with Crippen molar-refractivity contribution >= 4 is 23.4 Å². The molecule has 0 saturated carbocycles. The van der Waals surface area contributed by atoms with Gasteiger partial charge in [-0.1, -0.05) is 37.6 Å². The highest BCUT2D eigenvalue weighted by atomic mass is 35.5. The lowest BCUT2D eigenvalue weighted by molar-refractivity contribution is -0.121. The molecule has 29 heavy (non-hydrogen) atoms. The first-order valence-electron chi connectivity index (χ1n) is 9.53. The summed E-state index contributed by atoms with van der Waals surface area (Å²) in [5, 5.41) is 0.627. The first kappa shape index (κ1) is 22.6. The van der Waals surface area contributed by atoms with Gasteiger partial charge >= 0.3 is 0 Å². The largest absolute Gasteiger partial charge is 0.493 e. The highest BCUT2D eigenvalue weighted by Crippen LogP contribution is 2.28. The van der Waals surface area contributed by atoms with Crippen molar-refractivity contribution in [3.63, 3.8) is 0 Å². The second-order valence-corrected chi connectivity index (χ2v) is 7.47. The molecule has 0 saturated heterocycles. The third-order valence-electron chi connectivity index (χ3n) is 4.22. The molecule has 0 atom stereocenters. The molecule has 2 rings (SSSR count). The Morgan fingerprint density at radius 1 is 1.07 bits per heavy atom. The molecule has 0 bridgehead atoms. The van der Waals surface area contributed by atoms with E-state index >= 15 is 0 Å². The molecule has 2 aromatic carbocycles. The predicted molar refractivity (Wildman–Crippen MR) is 113 cm³/mol. The Labute approximate surface area is 176 Å². The molecule has 0 aliphatic rings. The van der Waals surface area contributed by atoms with E-state index in [0.29, 0.717) is 41.0 Å². The number of ether oxygens (including phenoxy) is 2. The van der Waals surface area contributed by atoms with Gasteiger partial charge in [-0.15, -0.1) is 0 Å². The van der Waals surface area contributed by atoms with E-state index in [2.05, 4.69) is 24.7 Å². The van der Waals surface area contributed by atoms with Gasteiger partial charge in [-0.25, -0.2) is 0 Å². The maximum absolute atomic E-state index is 12.3. The standard InChI is InChI=1S/C22H27ClN2O4/c1-15(2)11-12-29-19-9-8-17(14-20(19)28-3)22(27)25-24-21(26)10-7-16-5-4-6-18(23)13-16/h4-6,8-9,13-15H,7,10-12H2,1-3H3,(H,24,26)(H,25,27). The lowest BCUT2D eigenvalue weighted by Gasteiger charge is -2.13. The molecule has 0 spiro atoms. The van der Waals surface area contributed by atoms with Crippen LogP contribution in [0.3, 0.4) is 0 Å². The number of amides is 2. The molecule has 0 aromatic heterocycles. The second-order valence-electron chi connectivity index (χ2n) is 7.03. The highest BCUT2D eigenvalue weighted by Gasteiger charge is 2.12. The van der Waals surface area contributed by atoms with E-state index < -0.39 is 5.91 Å². The van der Waals surface area contributed by atoms with Gasteiger partial charge in [0.2, 0.25) is 5.91 Å². The molecule has 2 aromatic rings. The van der Waals surface area contributed by atoms with Crippen molar-refractivity contribution in [1.29, 1.82) is 0 Å². The van der Waals surface area contributed by atoms with Crippen LogP contribution in [0.2, 0.25) is 5.02 Å². The second kappa shape index (κ2) is 11.3. The number of nitrogens with one attached hydrogen (secondary N) is 2. The molecule has 2 amide bonds. The van der Waals surface area contributed by atoms with Crippen molar-refractivity contribution in [3.8, 4) is 11.5 Å². The molecular formula is C22H27ClN2O4. The molecule has 0 fully saturated rings. The number of methoxy groups -OCH3 is 1. The number of hydrazine groups is 1. The van der Waals surface area contributed by atoms with Gasteiger partial charge in [-0.05, 0) is 54.7 Å². The monoisotopic (exact) mass is 418 g/mol. The predicted octanol–water partition coefficient (Wildman–Crippen LogP) is 4.17. The molecule has 0 aliphatic carbocycles. The van der Waals surface area contributed by atoms with Crippen LogP contribution >= 0.6 is 11.6 Å². The van der Waals surface area contributed by atoms with E-state index in [0.717, 1.165) is 12.0 Å². The fraction of sp³-hybridized carbons (Fsp3) is 0.364. The number of carbonyl (C=O) groups is 2. The van der Waals surface area contributed by atoms with Crippen molar-refractivity contribution in [3.05, 3.63) is 58.6 Å². The summed E-state index contributed by atoms with van der Waals surface area (Å²) in [6.45, 7) is 4.82. The topological polar surface area (TPSA) is 76.7 Å². The average Bonchev–Trinajstić information content (AvgIpc) is 2.70. The first-order chi connectivity index (χ1) is 13.9. The van der Waals surface area contributed by atoms with Crippen molar-refractivity contribution in [2.45, 2.75) is 33.1 Å². The number of hydrogen-bond donors (Lipinski definition) is 2. The van der Waals surface area contributed by atoms with Gasteiger partial charge < -0.3 is 9.47 Å². The maximum Gasteiger partial charge on any atom is 0.269 e. The molecular weight excluding hydrogens is 392 g/mol. The van der Waals surface area contributed by atoms with E-state index in [1.54, 1.807) is 24.3 Å². The van der Waals surface area contributed by atoms with Crippen LogP contribution < -0.4 is 20.3 Å². The Morgan fingerprint density at radius 2 is 1.86 bits per heavy atom. The quantitative estimate of drug-likeness (QED) is 0.599. The molecule has 0 unspecified atom stereocenters. The van der Waals surface area contributed by atoms with Crippen LogP contribution in [0.5, 0.6) is 11.5 Å². The Morgan fingerprint density at radius 3 is 2.55 bits per heavy atom. The van der Waals surface area contributed by atoms with Crippen LogP contribution in [0.4, 0.5) is 0 Å². The molecule has 2 N–H and O–H groups in total. The Hall–Kier alpha value is -2.73. The van der Waals surface area contributed by atoms with E-state index in [-0.39, 0.29) is 12.3 Å². The maximum atomic E-state index is 12.3. The third-order valence-corrected chi connectivity index (χ3v) is 4.46. The summed E-state index contributed by atoms with van der Waals surface area (Å²) in [4.78, 5) is 24.3. The summed E-state index contributed by atoms with van der Waals surface area (Å²) in [5.74, 6) is 0.851. The number of rotatable bonds is 9. The molecule has 0 radical (unpaired) electrons. The number of aryl methyl sites for hydroxylation is 1. The van der Waals surface area contributed by atoms with E-state index in [4.69, 9.17) is 21.1 Å². The zero-order valence-electron chi connectivity index (χ0n) is 17.0. The van der Waals surface area contributed by atoms with Gasteiger partial charge in [0, 0.05) is 17.0 Å². The summed E-state index contributed by atoms with van der Waals surface area (Å²) in [6, 6.07) is 12.2. The van der Waals surface area contributed by atoms with Gasteiger partial charge in [0.05, 0.1) is 13.7 Å². The smallest absolute Gasteiger partial charge is 0.269 e. The van der Waals surface area contributed by atoms with Gasteiger partial charge in [0.1, 0.15) is 0 Å². The first-order valence-corrected chi connectivity index (χ1v) is 9.91. The normalized spacial score (nSPS) is 10.5. The Bertz CT molecular complexity index is 839. The van der Waals surface area contributed by atoms with Crippen LogP contribution in [0.25, 0.3) is 0 Å². The van der Waals surface area contributed by atoms with E-state index in [1.807, 2.05) is 18.2 Å². The Balaban J connectivity index is 1.85. The Kier molecular flexibility index (Phi) is 8.80. The number of hydrogen-bond acceptors (Lipinski definition) is 4. The van der Waals surface area contributed by atoms with Crippen molar-refractivity contribution in [2.24, 2.45) is 5.92 Å². The van der Waals surface area contributed by atoms with Gasteiger partial charge in [0.25, 0.3) is 5.91 Å². The van der Waals surface area contributed by atoms with E-state index in [1.165, 1.54) is 7.11 Å². The lowest BCUT2D eigenvalue weighted by atomic mass is 10.1. The van der Waals surface area contributed by atoms with Crippen LogP contribution in [-0.4, -0.2) is 25.5 Å². The average molecular weight is 419 g/mol. The van der Waals surface area contributed by atoms with Crippen LogP contribution in [0, 0.1) is 5.92 Å². The van der Waals surface area contributed by atoms with Gasteiger partial charge in [-0.3, -0.25) is 20.4 Å². The minimum absolute atomic E-state index is 0.229. The summed E-state index contributed by atoms with van der Waals surface area (Å²) >= 11 is 5.93. The minimum atomic E-state index is -0.437. The zero-order chi connectivity index (χ0) is 21.2. The van der Waals surface area contributed by atoms with Crippen LogP contribution in [0.15, 0.2) is 42.5 Å². The molecule has 7 heteroatoms. The summed E-state index contributed by atoms with van der Waals surface area (Å²) in [5.41, 5.74) is 6.15. The molecule has 6 nitrogen and oxygen atoms in total. The summed E-state index contributed by atoms with van der Waals surface area (Å²) < 4.78 is 11.0. The summed E-state index contributed by atoms with van der Waals surface area (Å²) in [6.07, 6.45) is 1.68. The third kappa shape index (κ3) is 7.66. The summed E-state index contributed by atoms with van der Waals surface area (Å²) in [7, 11) is 1.52. The van der Waals surface area contributed by atoms with E-state index in [9.17, 15) is 9.59 Å². The minimum Gasteiger partial charge on any atom is -0.493 e. The number of benzene rings is 2. The van der Waals surface area contributed by atoms with Crippen molar-refractivity contribution in [1.82, 2.24) is 10.9 Å². The fourth-order valence-electron chi connectivity index (χ4n) is 2.54. The highest BCUT2D eigenvalue weighted by molar-refractivity contribution is 6.30. The van der Waals surface area contributed by atoms with Crippen LogP contribution in [-0.2, 0) is 11.2 Å². The molecule has 0 aliphatic heterocycles. The van der Waals surface area contributed by atoms with Gasteiger partial charge in [-0.2, -0.15) is 0 Å².